The first kappa shape index (κ1) is 13.6. The molecule has 1 atom stereocenters. The van der Waals surface area contributed by atoms with Crippen LogP contribution in [-0.2, 0) is 6.54 Å². The predicted octanol–water partition coefficient (Wildman–Crippen LogP) is 3.06. The number of hydrogen-bond donors (Lipinski definition) is 1. The van der Waals surface area contributed by atoms with Gasteiger partial charge in [0.05, 0.1) is 16.4 Å². The zero-order valence-corrected chi connectivity index (χ0v) is 11.8. The minimum absolute atomic E-state index is 0.0755. The quantitative estimate of drug-likeness (QED) is 0.924. The Labute approximate surface area is 105 Å². The van der Waals surface area contributed by atoms with E-state index in [0.29, 0.717) is 18.8 Å². The molecule has 0 spiro atoms. The molecule has 1 aromatic rings. The fourth-order valence-corrected chi connectivity index (χ4v) is 1.97. The standard InChI is InChI=1S/C11H19BrFN3/c1-5-16-10(8(12)6-15-16)9(13)7-14-11(2,3)4/h6,9,14H,5,7H2,1-4H3. The van der Waals surface area contributed by atoms with Gasteiger partial charge in [0.15, 0.2) is 6.17 Å². The number of halogens is 2. The molecule has 1 heterocycles. The van der Waals surface area contributed by atoms with Gasteiger partial charge >= 0.3 is 0 Å². The first-order valence-electron chi connectivity index (χ1n) is 5.45. The zero-order chi connectivity index (χ0) is 12.3. The maximum atomic E-state index is 14.1. The number of nitrogens with zero attached hydrogens (tertiary/aromatic N) is 2. The molecule has 0 amide bonds. The Hall–Kier alpha value is -0.420. The first-order chi connectivity index (χ1) is 7.35. The van der Waals surface area contributed by atoms with Crippen LogP contribution in [0.15, 0.2) is 10.7 Å². The molecule has 92 valence electrons. The van der Waals surface area contributed by atoms with E-state index in [4.69, 9.17) is 0 Å². The highest BCUT2D eigenvalue weighted by Gasteiger charge is 2.20. The number of alkyl halides is 1. The van der Waals surface area contributed by atoms with Crippen molar-refractivity contribution in [1.82, 2.24) is 15.1 Å². The molecule has 1 N–H and O–H groups in total. The van der Waals surface area contributed by atoms with Gasteiger partial charge < -0.3 is 5.32 Å². The third kappa shape index (κ3) is 3.56. The Morgan fingerprint density at radius 1 is 1.56 bits per heavy atom. The molecule has 16 heavy (non-hydrogen) atoms. The fraction of sp³-hybridized carbons (Fsp3) is 0.727. The van der Waals surface area contributed by atoms with Gasteiger partial charge in [-0.05, 0) is 43.6 Å². The molecule has 0 bridgehead atoms. The van der Waals surface area contributed by atoms with Gasteiger partial charge in [-0.1, -0.05) is 0 Å². The minimum Gasteiger partial charge on any atom is -0.309 e. The smallest absolute Gasteiger partial charge is 0.155 e. The van der Waals surface area contributed by atoms with Crippen molar-refractivity contribution in [2.24, 2.45) is 0 Å². The van der Waals surface area contributed by atoms with E-state index in [0.717, 1.165) is 4.47 Å². The summed E-state index contributed by atoms with van der Waals surface area (Å²) in [6.07, 6.45) is 0.596. The van der Waals surface area contributed by atoms with E-state index >= 15 is 0 Å². The van der Waals surface area contributed by atoms with Crippen LogP contribution >= 0.6 is 15.9 Å². The lowest BCUT2D eigenvalue weighted by Gasteiger charge is -2.22. The van der Waals surface area contributed by atoms with Crippen molar-refractivity contribution >= 4 is 15.9 Å². The van der Waals surface area contributed by atoms with Gasteiger partial charge in [0.1, 0.15) is 0 Å². The van der Waals surface area contributed by atoms with E-state index < -0.39 is 6.17 Å². The topological polar surface area (TPSA) is 29.9 Å². The second-order valence-electron chi connectivity index (χ2n) is 4.79. The maximum Gasteiger partial charge on any atom is 0.155 e. The Morgan fingerprint density at radius 3 is 2.69 bits per heavy atom. The van der Waals surface area contributed by atoms with Gasteiger partial charge in [-0.2, -0.15) is 5.10 Å². The molecule has 0 aliphatic rings. The monoisotopic (exact) mass is 291 g/mol. The van der Waals surface area contributed by atoms with Gasteiger partial charge in [0, 0.05) is 18.6 Å². The summed E-state index contributed by atoms with van der Waals surface area (Å²) in [4.78, 5) is 0. The van der Waals surface area contributed by atoms with Crippen LogP contribution in [0.5, 0.6) is 0 Å². The minimum atomic E-state index is -1.05. The lowest BCUT2D eigenvalue weighted by Crippen LogP contribution is -2.38. The molecule has 0 fully saturated rings. The van der Waals surface area contributed by atoms with Crippen molar-refractivity contribution in [2.75, 3.05) is 6.54 Å². The third-order valence-corrected chi connectivity index (χ3v) is 2.85. The lowest BCUT2D eigenvalue weighted by molar-refractivity contribution is 0.276. The van der Waals surface area contributed by atoms with Crippen molar-refractivity contribution in [3.05, 3.63) is 16.4 Å². The maximum absolute atomic E-state index is 14.1. The summed E-state index contributed by atoms with van der Waals surface area (Å²) >= 11 is 3.33. The van der Waals surface area contributed by atoms with Crippen molar-refractivity contribution in [1.29, 1.82) is 0 Å². The van der Waals surface area contributed by atoms with Crippen LogP contribution in [0.4, 0.5) is 4.39 Å². The van der Waals surface area contributed by atoms with E-state index in [1.54, 1.807) is 10.9 Å². The second kappa shape index (κ2) is 5.27. The number of rotatable bonds is 4. The van der Waals surface area contributed by atoms with Gasteiger partial charge in [-0.3, -0.25) is 4.68 Å². The molecule has 1 aromatic heterocycles. The van der Waals surface area contributed by atoms with Crippen molar-refractivity contribution in [3.8, 4) is 0 Å². The molecular weight excluding hydrogens is 273 g/mol. The van der Waals surface area contributed by atoms with Crippen LogP contribution in [0, 0.1) is 0 Å². The van der Waals surface area contributed by atoms with Crippen LogP contribution in [0.25, 0.3) is 0 Å². The summed E-state index contributed by atoms with van der Waals surface area (Å²) in [5, 5.41) is 7.25. The van der Waals surface area contributed by atoms with Gasteiger partial charge in [-0.15, -0.1) is 0 Å². The Bertz CT molecular complexity index is 343. The SMILES string of the molecule is CCn1ncc(Br)c1C(F)CNC(C)(C)C. The number of nitrogens with one attached hydrogen (secondary N) is 1. The highest BCUT2D eigenvalue weighted by molar-refractivity contribution is 9.10. The Kier molecular flexibility index (Phi) is 4.50. The van der Waals surface area contributed by atoms with E-state index in [9.17, 15) is 4.39 Å². The van der Waals surface area contributed by atoms with Gasteiger partial charge in [0.2, 0.25) is 0 Å². The molecule has 0 saturated carbocycles. The zero-order valence-electron chi connectivity index (χ0n) is 10.2. The average molecular weight is 292 g/mol. The van der Waals surface area contributed by atoms with Crippen molar-refractivity contribution in [2.45, 2.75) is 46.0 Å². The summed E-state index contributed by atoms with van der Waals surface area (Å²) in [6, 6.07) is 0. The van der Waals surface area contributed by atoms with Crippen LogP contribution < -0.4 is 5.32 Å². The van der Waals surface area contributed by atoms with E-state index in [1.165, 1.54) is 0 Å². The highest BCUT2D eigenvalue weighted by Crippen LogP contribution is 2.26. The number of aromatic nitrogens is 2. The molecular formula is C11H19BrFN3. The third-order valence-electron chi connectivity index (χ3n) is 2.24. The molecule has 3 nitrogen and oxygen atoms in total. The molecule has 0 aromatic carbocycles. The fourth-order valence-electron chi connectivity index (χ4n) is 1.43. The van der Waals surface area contributed by atoms with Crippen LogP contribution in [-0.4, -0.2) is 21.9 Å². The molecule has 0 aliphatic heterocycles. The largest absolute Gasteiger partial charge is 0.309 e. The second-order valence-corrected chi connectivity index (χ2v) is 5.65. The lowest BCUT2D eigenvalue weighted by atomic mass is 10.1. The molecule has 1 unspecified atom stereocenters. The predicted molar refractivity (Wildman–Crippen MR) is 67.2 cm³/mol. The van der Waals surface area contributed by atoms with E-state index in [2.05, 4.69) is 26.3 Å². The van der Waals surface area contributed by atoms with Crippen molar-refractivity contribution in [3.63, 3.8) is 0 Å². The van der Waals surface area contributed by atoms with E-state index in [1.807, 2.05) is 27.7 Å². The summed E-state index contributed by atoms with van der Waals surface area (Å²) in [5.41, 5.74) is 0.535. The van der Waals surface area contributed by atoms with Crippen LogP contribution in [0.1, 0.15) is 39.6 Å². The summed E-state index contributed by atoms with van der Waals surface area (Å²) < 4.78 is 16.5. The summed E-state index contributed by atoms with van der Waals surface area (Å²) in [6.45, 7) is 8.99. The van der Waals surface area contributed by atoms with Gasteiger partial charge in [0.25, 0.3) is 0 Å². The van der Waals surface area contributed by atoms with Crippen molar-refractivity contribution < 1.29 is 4.39 Å². The molecule has 0 aliphatic carbocycles. The molecule has 0 radical (unpaired) electrons. The summed E-state index contributed by atoms with van der Waals surface area (Å²) in [5.74, 6) is 0. The Balaban J connectivity index is 2.72. The molecule has 0 saturated heterocycles. The Morgan fingerprint density at radius 2 is 2.19 bits per heavy atom. The number of hydrogen-bond acceptors (Lipinski definition) is 2. The normalized spacial score (nSPS) is 14.1. The average Bonchev–Trinajstić information content (AvgIpc) is 2.55. The number of aryl methyl sites for hydroxylation is 1. The van der Waals surface area contributed by atoms with Crippen LogP contribution in [0.3, 0.4) is 0 Å². The van der Waals surface area contributed by atoms with Gasteiger partial charge in [-0.25, -0.2) is 4.39 Å². The highest BCUT2D eigenvalue weighted by atomic mass is 79.9. The van der Waals surface area contributed by atoms with E-state index in [-0.39, 0.29) is 5.54 Å². The molecule has 5 heteroatoms. The summed E-state index contributed by atoms with van der Waals surface area (Å²) in [7, 11) is 0. The van der Waals surface area contributed by atoms with Crippen LogP contribution in [0.2, 0.25) is 0 Å². The first-order valence-corrected chi connectivity index (χ1v) is 6.24. The molecule has 1 rings (SSSR count).